The topological polar surface area (TPSA) is 36.5 Å². The third kappa shape index (κ3) is 4.58. The van der Waals surface area contributed by atoms with Crippen LogP contribution in [0.25, 0.3) is 0 Å². The van der Waals surface area contributed by atoms with Crippen LogP contribution in [-0.2, 0) is 4.74 Å². The molecule has 0 saturated carbocycles. The van der Waals surface area contributed by atoms with Crippen LogP contribution in [0.5, 0.6) is 0 Å². The van der Waals surface area contributed by atoms with Gasteiger partial charge in [0.1, 0.15) is 0 Å². The van der Waals surface area contributed by atoms with Gasteiger partial charge in [0.15, 0.2) is 5.11 Å². The number of rotatable bonds is 5. The van der Waals surface area contributed by atoms with Gasteiger partial charge in [0.05, 0.1) is 24.6 Å². The Bertz CT molecular complexity index is 473. The Balaban J connectivity index is 2.08. The number of ether oxygens (including phenoxy) is 1. The monoisotopic (exact) mass is 307 g/mol. The zero-order valence-corrected chi connectivity index (χ0v) is 13.8. The second-order valence-electron chi connectivity index (χ2n) is 5.30. The zero-order chi connectivity index (χ0) is 15.1. The van der Waals surface area contributed by atoms with E-state index in [0.29, 0.717) is 5.11 Å². The standard InChI is InChI=1S/C16H25N3OS/c1-3-4-8-17-16(21)18-15-13(2)6-5-7-14(15)19-9-11-20-12-10-19/h5-7H,3-4,8-12H2,1-2H3,(H2,17,18,21). The van der Waals surface area contributed by atoms with Crippen molar-refractivity contribution in [3.8, 4) is 0 Å². The maximum absolute atomic E-state index is 5.44. The van der Waals surface area contributed by atoms with Crippen molar-refractivity contribution in [2.24, 2.45) is 0 Å². The lowest BCUT2D eigenvalue weighted by Gasteiger charge is -2.31. The SMILES string of the molecule is CCCCNC(=S)Nc1c(C)cccc1N1CCOCC1. The molecule has 0 aromatic heterocycles. The second kappa shape index (κ2) is 8.20. The minimum Gasteiger partial charge on any atom is -0.378 e. The summed E-state index contributed by atoms with van der Waals surface area (Å²) in [7, 11) is 0. The Kier molecular flexibility index (Phi) is 6.26. The normalized spacial score (nSPS) is 14.9. The summed E-state index contributed by atoms with van der Waals surface area (Å²) in [6.07, 6.45) is 2.30. The fourth-order valence-electron chi connectivity index (χ4n) is 2.42. The molecule has 1 aromatic rings. The summed E-state index contributed by atoms with van der Waals surface area (Å²) in [5.74, 6) is 0. The van der Waals surface area contributed by atoms with E-state index in [-0.39, 0.29) is 0 Å². The predicted octanol–water partition coefficient (Wildman–Crippen LogP) is 2.92. The van der Waals surface area contributed by atoms with E-state index < -0.39 is 0 Å². The number of hydrogen-bond acceptors (Lipinski definition) is 3. The van der Waals surface area contributed by atoms with E-state index in [1.807, 2.05) is 0 Å². The van der Waals surface area contributed by atoms with Gasteiger partial charge in [0.25, 0.3) is 0 Å². The van der Waals surface area contributed by atoms with Gasteiger partial charge < -0.3 is 20.3 Å². The molecule has 0 bridgehead atoms. The van der Waals surface area contributed by atoms with E-state index in [1.165, 1.54) is 17.7 Å². The van der Waals surface area contributed by atoms with Gasteiger partial charge in [0.2, 0.25) is 0 Å². The van der Waals surface area contributed by atoms with Gasteiger partial charge in [0, 0.05) is 19.6 Å². The molecule has 0 atom stereocenters. The molecule has 1 heterocycles. The molecule has 1 aliphatic rings. The summed E-state index contributed by atoms with van der Waals surface area (Å²) in [6, 6.07) is 6.36. The number of morpholine rings is 1. The Hall–Kier alpha value is -1.33. The number of thiocarbonyl (C=S) groups is 1. The summed E-state index contributed by atoms with van der Waals surface area (Å²) in [5, 5.41) is 7.34. The molecular formula is C16H25N3OS. The van der Waals surface area contributed by atoms with E-state index in [0.717, 1.165) is 45.0 Å². The maximum Gasteiger partial charge on any atom is 0.170 e. The Morgan fingerprint density at radius 3 is 2.81 bits per heavy atom. The molecule has 1 fully saturated rings. The third-order valence-electron chi connectivity index (χ3n) is 3.66. The molecule has 0 radical (unpaired) electrons. The molecule has 2 N–H and O–H groups in total. The molecular weight excluding hydrogens is 282 g/mol. The minimum atomic E-state index is 0.701. The van der Waals surface area contributed by atoms with Gasteiger partial charge in [-0.15, -0.1) is 0 Å². The van der Waals surface area contributed by atoms with Gasteiger partial charge in [-0.2, -0.15) is 0 Å². The number of unbranched alkanes of at least 4 members (excludes halogenated alkanes) is 1. The zero-order valence-electron chi connectivity index (χ0n) is 12.9. The van der Waals surface area contributed by atoms with Crippen LogP contribution in [-0.4, -0.2) is 38.0 Å². The fourth-order valence-corrected chi connectivity index (χ4v) is 2.62. The Morgan fingerprint density at radius 1 is 1.33 bits per heavy atom. The van der Waals surface area contributed by atoms with Crippen LogP contribution in [0.15, 0.2) is 18.2 Å². The lowest BCUT2D eigenvalue weighted by molar-refractivity contribution is 0.123. The van der Waals surface area contributed by atoms with E-state index >= 15 is 0 Å². The molecule has 5 heteroatoms. The predicted molar refractivity (Wildman–Crippen MR) is 93.3 cm³/mol. The van der Waals surface area contributed by atoms with Gasteiger partial charge in [-0.1, -0.05) is 25.5 Å². The molecule has 0 unspecified atom stereocenters. The molecule has 0 aliphatic carbocycles. The number of nitrogens with zero attached hydrogens (tertiary/aromatic N) is 1. The number of aryl methyl sites for hydroxylation is 1. The van der Waals surface area contributed by atoms with Crippen LogP contribution >= 0.6 is 12.2 Å². The summed E-state index contributed by atoms with van der Waals surface area (Å²) in [6.45, 7) is 8.62. The summed E-state index contributed by atoms with van der Waals surface area (Å²) in [5.41, 5.74) is 3.52. The van der Waals surface area contributed by atoms with Crippen molar-refractivity contribution in [1.29, 1.82) is 0 Å². The molecule has 1 aromatic carbocycles. The molecule has 0 spiro atoms. The lowest BCUT2D eigenvalue weighted by Crippen LogP contribution is -2.37. The van der Waals surface area contributed by atoms with Crippen LogP contribution in [0.3, 0.4) is 0 Å². The number of anilines is 2. The first-order valence-electron chi connectivity index (χ1n) is 7.69. The lowest BCUT2D eigenvalue weighted by atomic mass is 10.1. The van der Waals surface area contributed by atoms with Crippen LogP contribution in [0.4, 0.5) is 11.4 Å². The first-order valence-corrected chi connectivity index (χ1v) is 8.10. The quantitative estimate of drug-likeness (QED) is 0.646. The number of nitrogens with one attached hydrogen (secondary N) is 2. The maximum atomic E-state index is 5.44. The molecule has 4 nitrogen and oxygen atoms in total. The van der Waals surface area contributed by atoms with Crippen molar-refractivity contribution in [2.75, 3.05) is 43.1 Å². The van der Waals surface area contributed by atoms with Gasteiger partial charge in [-0.05, 0) is 37.2 Å². The molecule has 1 aliphatic heterocycles. The summed E-state index contributed by atoms with van der Waals surface area (Å²) < 4.78 is 5.44. The highest BCUT2D eigenvalue weighted by molar-refractivity contribution is 7.80. The second-order valence-corrected chi connectivity index (χ2v) is 5.71. The van der Waals surface area contributed by atoms with Crippen LogP contribution in [0.1, 0.15) is 25.3 Å². The number of benzene rings is 1. The Morgan fingerprint density at radius 2 is 2.10 bits per heavy atom. The highest BCUT2D eigenvalue weighted by Gasteiger charge is 2.16. The highest BCUT2D eigenvalue weighted by Crippen LogP contribution is 2.29. The largest absolute Gasteiger partial charge is 0.378 e. The van der Waals surface area contributed by atoms with Crippen molar-refractivity contribution in [3.63, 3.8) is 0 Å². The van der Waals surface area contributed by atoms with Crippen molar-refractivity contribution in [2.45, 2.75) is 26.7 Å². The fraction of sp³-hybridized carbons (Fsp3) is 0.562. The Labute approximate surface area is 132 Å². The minimum absolute atomic E-state index is 0.701. The summed E-state index contributed by atoms with van der Waals surface area (Å²) in [4.78, 5) is 2.35. The van der Waals surface area contributed by atoms with E-state index in [1.54, 1.807) is 0 Å². The molecule has 116 valence electrons. The van der Waals surface area contributed by atoms with Crippen LogP contribution in [0.2, 0.25) is 0 Å². The third-order valence-corrected chi connectivity index (χ3v) is 3.90. The van der Waals surface area contributed by atoms with Crippen molar-refractivity contribution < 1.29 is 4.74 Å². The smallest absolute Gasteiger partial charge is 0.170 e. The van der Waals surface area contributed by atoms with Crippen molar-refractivity contribution in [3.05, 3.63) is 23.8 Å². The number of hydrogen-bond donors (Lipinski definition) is 2. The van der Waals surface area contributed by atoms with Gasteiger partial charge >= 0.3 is 0 Å². The van der Waals surface area contributed by atoms with E-state index in [2.05, 4.69) is 47.6 Å². The summed E-state index contributed by atoms with van der Waals surface area (Å²) >= 11 is 5.40. The number of para-hydroxylation sites is 1. The first kappa shape index (κ1) is 16.0. The van der Waals surface area contributed by atoms with Gasteiger partial charge in [-0.3, -0.25) is 0 Å². The average Bonchev–Trinajstić information content (AvgIpc) is 2.50. The molecule has 0 amide bonds. The first-order chi connectivity index (χ1) is 10.2. The van der Waals surface area contributed by atoms with Crippen molar-refractivity contribution in [1.82, 2.24) is 5.32 Å². The molecule has 21 heavy (non-hydrogen) atoms. The molecule has 2 rings (SSSR count). The van der Waals surface area contributed by atoms with Gasteiger partial charge in [-0.25, -0.2) is 0 Å². The van der Waals surface area contributed by atoms with E-state index in [9.17, 15) is 0 Å². The molecule has 1 saturated heterocycles. The average molecular weight is 307 g/mol. The van der Waals surface area contributed by atoms with Crippen LogP contribution in [0, 0.1) is 6.92 Å². The van der Waals surface area contributed by atoms with Crippen molar-refractivity contribution >= 4 is 28.7 Å². The van der Waals surface area contributed by atoms with E-state index in [4.69, 9.17) is 17.0 Å². The van der Waals surface area contributed by atoms with Crippen LogP contribution < -0.4 is 15.5 Å². The highest BCUT2D eigenvalue weighted by atomic mass is 32.1.